The number of nitrogens with one attached hydrogen (secondary N) is 2. The lowest BCUT2D eigenvalue weighted by atomic mass is 10.1. The van der Waals surface area contributed by atoms with Gasteiger partial charge in [0, 0.05) is 30.0 Å². The fraction of sp³-hybridized carbons (Fsp3) is 0.462. The molecule has 0 radical (unpaired) electrons. The van der Waals surface area contributed by atoms with E-state index < -0.39 is 4.92 Å². The largest absolute Gasteiger partial charge is 0.383 e. The van der Waals surface area contributed by atoms with Crippen LogP contribution >= 0.6 is 11.8 Å². The van der Waals surface area contributed by atoms with Gasteiger partial charge in [0.15, 0.2) is 0 Å². The van der Waals surface area contributed by atoms with Crippen molar-refractivity contribution >= 4 is 29.0 Å². The van der Waals surface area contributed by atoms with Gasteiger partial charge in [-0.1, -0.05) is 0 Å². The van der Waals surface area contributed by atoms with Crippen LogP contribution in [0.2, 0.25) is 0 Å². The Kier molecular flexibility index (Phi) is 5.38. The number of benzene rings is 1. The van der Waals surface area contributed by atoms with Crippen molar-refractivity contribution in [2.75, 3.05) is 25.2 Å². The highest BCUT2D eigenvalue weighted by Crippen LogP contribution is 2.25. The molecule has 0 saturated heterocycles. The molecule has 0 aliphatic heterocycles. The summed E-state index contributed by atoms with van der Waals surface area (Å²) in [5.41, 5.74) is 0.678. The molecule has 6 nitrogen and oxygen atoms in total. The predicted molar refractivity (Wildman–Crippen MR) is 82.6 cm³/mol. The topological polar surface area (TPSA) is 84.3 Å². The van der Waals surface area contributed by atoms with Crippen LogP contribution in [0.4, 0.5) is 11.4 Å². The Labute approximate surface area is 122 Å². The van der Waals surface area contributed by atoms with E-state index in [0.29, 0.717) is 17.8 Å². The van der Waals surface area contributed by atoms with Gasteiger partial charge in [-0.05, 0) is 32.2 Å². The van der Waals surface area contributed by atoms with Gasteiger partial charge in [0.1, 0.15) is 5.69 Å². The Balaban J connectivity index is 2.87. The minimum absolute atomic E-state index is 0.0477. The van der Waals surface area contributed by atoms with Crippen LogP contribution in [0.1, 0.15) is 24.2 Å². The molecule has 20 heavy (non-hydrogen) atoms. The van der Waals surface area contributed by atoms with E-state index in [4.69, 9.17) is 0 Å². The zero-order chi connectivity index (χ0) is 15.3. The highest BCUT2D eigenvalue weighted by molar-refractivity contribution is 7.99. The van der Waals surface area contributed by atoms with Crippen LogP contribution in [-0.4, -0.2) is 35.4 Å². The van der Waals surface area contributed by atoms with E-state index in [0.717, 1.165) is 0 Å². The summed E-state index contributed by atoms with van der Waals surface area (Å²) in [6.07, 6.45) is 1.98. The lowest BCUT2D eigenvalue weighted by Crippen LogP contribution is -2.36. The minimum Gasteiger partial charge on any atom is -0.383 e. The second-order valence-corrected chi connectivity index (χ2v) is 6.40. The predicted octanol–water partition coefficient (Wildman–Crippen LogP) is 2.51. The van der Waals surface area contributed by atoms with Crippen molar-refractivity contribution in [3.05, 3.63) is 33.9 Å². The molecule has 2 N–H and O–H groups in total. The third-order valence-electron chi connectivity index (χ3n) is 2.95. The molecule has 1 amide bonds. The number of hydrogen-bond acceptors (Lipinski definition) is 5. The summed E-state index contributed by atoms with van der Waals surface area (Å²) in [5.74, 6) is -0.237. The first-order valence-corrected chi connectivity index (χ1v) is 7.33. The Bertz CT molecular complexity index is 518. The van der Waals surface area contributed by atoms with E-state index in [1.807, 2.05) is 20.1 Å². The van der Waals surface area contributed by atoms with E-state index in [9.17, 15) is 14.9 Å². The summed E-state index contributed by atoms with van der Waals surface area (Å²) in [7, 11) is 1.58. The second-order valence-electron chi connectivity index (χ2n) is 4.89. The molecule has 0 bridgehead atoms. The Morgan fingerprint density at radius 2 is 2.10 bits per heavy atom. The zero-order valence-electron chi connectivity index (χ0n) is 12.0. The van der Waals surface area contributed by atoms with Gasteiger partial charge < -0.3 is 10.6 Å². The van der Waals surface area contributed by atoms with Gasteiger partial charge in [0.2, 0.25) is 0 Å². The van der Waals surface area contributed by atoms with Crippen molar-refractivity contribution in [2.45, 2.75) is 18.6 Å². The maximum Gasteiger partial charge on any atom is 0.292 e. The number of carbonyl (C=O) groups is 1. The van der Waals surface area contributed by atoms with E-state index in [-0.39, 0.29) is 16.3 Å². The van der Waals surface area contributed by atoms with Crippen molar-refractivity contribution < 1.29 is 9.72 Å². The molecule has 0 aliphatic rings. The molecule has 0 spiro atoms. The Hall–Kier alpha value is -1.76. The van der Waals surface area contributed by atoms with Gasteiger partial charge in [-0.25, -0.2) is 0 Å². The lowest BCUT2D eigenvalue weighted by molar-refractivity contribution is -0.383. The average Bonchev–Trinajstić information content (AvgIpc) is 2.43. The van der Waals surface area contributed by atoms with Crippen molar-refractivity contribution in [3.8, 4) is 0 Å². The number of nitrogens with zero attached hydrogens (tertiary/aromatic N) is 1. The summed E-state index contributed by atoms with van der Waals surface area (Å²) in [6, 6.07) is 4.28. The first kappa shape index (κ1) is 16.3. The number of rotatable bonds is 6. The molecule has 7 heteroatoms. The van der Waals surface area contributed by atoms with Crippen molar-refractivity contribution in [1.29, 1.82) is 0 Å². The van der Waals surface area contributed by atoms with Crippen molar-refractivity contribution in [1.82, 2.24) is 5.32 Å². The summed E-state index contributed by atoms with van der Waals surface area (Å²) in [5, 5.41) is 16.4. The van der Waals surface area contributed by atoms with Gasteiger partial charge in [-0.3, -0.25) is 14.9 Å². The summed E-state index contributed by atoms with van der Waals surface area (Å²) in [6.45, 7) is 4.60. The molecule has 0 aliphatic carbocycles. The standard InChI is InChI=1S/C13H19N3O3S/c1-13(2,20-4)8-15-12(17)9-5-6-11(16(18)19)10(7-9)14-3/h5-7,14H,8H2,1-4H3,(H,15,17). The molecule has 0 aromatic heterocycles. The number of carbonyl (C=O) groups excluding carboxylic acids is 1. The highest BCUT2D eigenvalue weighted by Gasteiger charge is 2.19. The first-order chi connectivity index (χ1) is 9.30. The van der Waals surface area contributed by atoms with Gasteiger partial charge in [-0.15, -0.1) is 0 Å². The molecule has 0 saturated carbocycles. The number of thioether (sulfide) groups is 1. The SMILES string of the molecule is CNc1cc(C(=O)NCC(C)(C)SC)ccc1[N+](=O)[O-]. The van der Waals surface area contributed by atoms with Crippen LogP contribution in [0.3, 0.4) is 0 Å². The average molecular weight is 297 g/mol. The minimum atomic E-state index is -0.482. The van der Waals surface area contributed by atoms with Crippen LogP contribution in [0.25, 0.3) is 0 Å². The second kappa shape index (κ2) is 6.60. The van der Waals surface area contributed by atoms with E-state index in [1.54, 1.807) is 18.8 Å². The van der Waals surface area contributed by atoms with Gasteiger partial charge >= 0.3 is 0 Å². The molecule has 1 aromatic rings. The number of amides is 1. The third kappa shape index (κ3) is 4.12. The fourth-order valence-corrected chi connectivity index (χ4v) is 1.72. The van der Waals surface area contributed by atoms with Gasteiger partial charge in [-0.2, -0.15) is 11.8 Å². The van der Waals surface area contributed by atoms with Gasteiger partial charge in [0.05, 0.1) is 4.92 Å². The molecule has 110 valence electrons. The number of nitro benzene ring substituents is 1. The molecular weight excluding hydrogens is 278 g/mol. The summed E-state index contributed by atoms with van der Waals surface area (Å²) < 4.78 is -0.0533. The summed E-state index contributed by atoms with van der Waals surface area (Å²) in [4.78, 5) is 22.4. The van der Waals surface area contributed by atoms with Crippen molar-refractivity contribution in [3.63, 3.8) is 0 Å². The molecule has 1 rings (SSSR count). The number of nitro groups is 1. The van der Waals surface area contributed by atoms with Crippen LogP contribution in [0, 0.1) is 10.1 Å². The molecule has 0 fully saturated rings. The Morgan fingerprint density at radius 3 is 2.60 bits per heavy atom. The third-order valence-corrected chi connectivity index (χ3v) is 4.20. The lowest BCUT2D eigenvalue weighted by Gasteiger charge is -2.22. The van der Waals surface area contributed by atoms with Crippen LogP contribution in [-0.2, 0) is 0 Å². The van der Waals surface area contributed by atoms with E-state index in [1.165, 1.54) is 18.2 Å². The maximum absolute atomic E-state index is 12.0. The molecule has 0 atom stereocenters. The Morgan fingerprint density at radius 1 is 1.45 bits per heavy atom. The number of hydrogen-bond donors (Lipinski definition) is 2. The van der Waals surface area contributed by atoms with Crippen LogP contribution in [0.15, 0.2) is 18.2 Å². The molecule has 0 unspecified atom stereocenters. The quantitative estimate of drug-likeness (QED) is 0.622. The summed E-state index contributed by atoms with van der Waals surface area (Å²) >= 11 is 1.66. The highest BCUT2D eigenvalue weighted by atomic mass is 32.2. The molecule has 1 aromatic carbocycles. The fourth-order valence-electron chi connectivity index (χ4n) is 1.50. The number of anilines is 1. The van der Waals surface area contributed by atoms with Gasteiger partial charge in [0.25, 0.3) is 11.6 Å². The molecular formula is C13H19N3O3S. The smallest absolute Gasteiger partial charge is 0.292 e. The van der Waals surface area contributed by atoms with E-state index in [2.05, 4.69) is 10.6 Å². The maximum atomic E-state index is 12.0. The van der Waals surface area contributed by atoms with Crippen LogP contribution < -0.4 is 10.6 Å². The first-order valence-electron chi connectivity index (χ1n) is 6.10. The van der Waals surface area contributed by atoms with Crippen LogP contribution in [0.5, 0.6) is 0 Å². The molecule has 0 heterocycles. The zero-order valence-corrected chi connectivity index (χ0v) is 12.8. The normalized spacial score (nSPS) is 11.0. The monoisotopic (exact) mass is 297 g/mol. The van der Waals surface area contributed by atoms with Crippen molar-refractivity contribution in [2.24, 2.45) is 0 Å². The van der Waals surface area contributed by atoms with E-state index >= 15 is 0 Å².